The molecule has 3 nitrogen and oxygen atoms in total. The SMILES string of the molecule is COc1cccc(OC)c1-c1ccccc1[PH](Cl)(c1ccccc1-c1ccccc1N)C1CCCCC1.[Pd]. The fourth-order valence-electron chi connectivity index (χ4n) is 6.00. The second-order valence-electron chi connectivity index (χ2n) is 9.76. The van der Waals surface area contributed by atoms with Gasteiger partial charge in [0.05, 0.1) is 0 Å². The van der Waals surface area contributed by atoms with Crippen molar-refractivity contribution in [1.29, 1.82) is 0 Å². The van der Waals surface area contributed by atoms with Crippen LogP contribution in [-0.2, 0) is 20.4 Å². The van der Waals surface area contributed by atoms with Crippen molar-refractivity contribution in [1.82, 2.24) is 0 Å². The van der Waals surface area contributed by atoms with Crippen molar-refractivity contribution in [3.63, 3.8) is 0 Å². The summed E-state index contributed by atoms with van der Waals surface area (Å²) in [4.78, 5) is 0. The van der Waals surface area contributed by atoms with Crippen LogP contribution in [0.5, 0.6) is 11.5 Å². The van der Waals surface area contributed by atoms with Gasteiger partial charge in [-0.2, -0.15) is 0 Å². The van der Waals surface area contributed by atoms with Gasteiger partial charge in [-0.15, -0.1) is 0 Å². The van der Waals surface area contributed by atoms with Gasteiger partial charge in [-0.25, -0.2) is 0 Å². The van der Waals surface area contributed by atoms with Crippen molar-refractivity contribution < 1.29 is 29.9 Å². The van der Waals surface area contributed by atoms with Gasteiger partial charge in [0.15, 0.2) is 0 Å². The van der Waals surface area contributed by atoms with E-state index in [-0.39, 0.29) is 20.4 Å². The molecule has 0 aliphatic heterocycles. The van der Waals surface area contributed by atoms with Crippen LogP contribution >= 0.6 is 17.9 Å². The smallest absolute Gasteiger partial charge is 0 e. The predicted octanol–water partition coefficient (Wildman–Crippen LogP) is 7.80. The van der Waals surface area contributed by atoms with Gasteiger partial charge >= 0.3 is 226 Å². The van der Waals surface area contributed by atoms with E-state index in [1.165, 1.54) is 29.9 Å². The first kappa shape index (κ1) is 28.7. The summed E-state index contributed by atoms with van der Waals surface area (Å²) in [6.45, 7) is -2.84. The molecule has 0 bridgehead atoms. The first-order valence-corrected chi connectivity index (χ1v) is 16.1. The minimum Gasteiger partial charge on any atom is 0 e. The number of nitrogen functional groups attached to an aromatic ring is 1. The Morgan fingerprint density at radius 3 is 1.74 bits per heavy atom. The average Bonchev–Trinajstić information content (AvgIpc) is 2.97. The van der Waals surface area contributed by atoms with Crippen molar-refractivity contribution in [3.05, 3.63) is 91.0 Å². The topological polar surface area (TPSA) is 44.5 Å². The maximum atomic E-state index is 8.24. The van der Waals surface area contributed by atoms with Crippen LogP contribution in [0.3, 0.4) is 0 Å². The summed E-state index contributed by atoms with van der Waals surface area (Å²) in [6.07, 6.45) is 5.95. The Morgan fingerprint density at radius 1 is 0.658 bits per heavy atom. The summed E-state index contributed by atoms with van der Waals surface area (Å²) in [7, 11) is 3.42. The molecule has 5 rings (SSSR count). The zero-order valence-corrected chi connectivity index (χ0v) is 25.2. The number of methoxy groups -OCH3 is 2. The molecule has 0 unspecified atom stereocenters. The van der Waals surface area contributed by atoms with E-state index in [1.807, 2.05) is 36.4 Å². The van der Waals surface area contributed by atoms with E-state index in [0.29, 0.717) is 5.66 Å². The van der Waals surface area contributed by atoms with Crippen LogP contribution in [0.25, 0.3) is 22.3 Å². The van der Waals surface area contributed by atoms with Crippen molar-refractivity contribution in [2.24, 2.45) is 0 Å². The summed E-state index contributed by atoms with van der Waals surface area (Å²) >= 11 is 8.24. The van der Waals surface area contributed by atoms with Crippen LogP contribution in [0.1, 0.15) is 32.1 Å². The molecule has 0 heterocycles. The number of rotatable bonds is 7. The molecule has 0 atom stereocenters. The summed E-state index contributed by atoms with van der Waals surface area (Å²) in [5.74, 6) is 1.56. The molecule has 4 aromatic rings. The largest absolute Gasteiger partial charge is 0 e. The van der Waals surface area contributed by atoms with Crippen molar-refractivity contribution in [2.45, 2.75) is 37.8 Å². The van der Waals surface area contributed by atoms with E-state index in [1.54, 1.807) is 14.2 Å². The zero-order valence-electron chi connectivity index (χ0n) is 21.9. The number of benzene rings is 4. The van der Waals surface area contributed by atoms with E-state index in [4.69, 9.17) is 26.4 Å². The molecule has 1 fully saturated rings. The Hall–Kier alpha value is -2.34. The third-order valence-corrected chi connectivity index (χ3v) is 14.0. The first-order valence-electron chi connectivity index (χ1n) is 13.0. The van der Waals surface area contributed by atoms with Gasteiger partial charge in [0, 0.05) is 20.4 Å². The van der Waals surface area contributed by atoms with Gasteiger partial charge in [-0.3, -0.25) is 0 Å². The zero-order chi connectivity index (χ0) is 25.8. The van der Waals surface area contributed by atoms with Crippen molar-refractivity contribution in [3.8, 4) is 33.8 Å². The number of hydrogen-bond donors (Lipinski definition) is 1. The molecule has 38 heavy (non-hydrogen) atoms. The Balaban J connectivity index is 0.00000336. The van der Waals surface area contributed by atoms with Gasteiger partial charge in [0.1, 0.15) is 0 Å². The molecule has 1 aliphatic rings. The Kier molecular flexibility index (Phi) is 9.56. The van der Waals surface area contributed by atoms with Crippen LogP contribution in [0.2, 0.25) is 0 Å². The number of hydrogen-bond acceptors (Lipinski definition) is 3. The van der Waals surface area contributed by atoms with Crippen LogP contribution in [0.4, 0.5) is 5.69 Å². The quantitative estimate of drug-likeness (QED) is 0.128. The third kappa shape index (κ3) is 5.26. The summed E-state index contributed by atoms with van der Waals surface area (Å²) in [5, 5.41) is 2.43. The van der Waals surface area contributed by atoms with Crippen LogP contribution in [-0.4, -0.2) is 19.9 Å². The molecular weight excluding hydrogens is 603 g/mol. The van der Waals surface area contributed by atoms with E-state index in [9.17, 15) is 0 Å². The van der Waals surface area contributed by atoms with E-state index >= 15 is 0 Å². The third-order valence-electron chi connectivity index (χ3n) is 7.75. The second-order valence-corrected chi connectivity index (χ2v) is 14.9. The predicted molar refractivity (Wildman–Crippen MR) is 162 cm³/mol. The number of halogens is 1. The number of para-hydroxylation sites is 1. The fraction of sp³-hybridized carbons (Fsp3) is 0.250. The number of anilines is 1. The molecule has 1 saturated carbocycles. The molecule has 0 saturated heterocycles. The average molecular weight is 638 g/mol. The minimum absolute atomic E-state index is 0. The van der Waals surface area contributed by atoms with Crippen molar-refractivity contribution in [2.75, 3.05) is 20.0 Å². The first-order chi connectivity index (χ1) is 18.1. The Labute approximate surface area is 245 Å². The van der Waals surface area contributed by atoms with Gasteiger partial charge in [0.2, 0.25) is 0 Å². The molecule has 2 N–H and O–H groups in total. The Morgan fingerprint density at radius 2 is 1.16 bits per heavy atom. The molecular formula is C32H35ClNO2PPd. The van der Waals surface area contributed by atoms with Crippen LogP contribution in [0.15, 0.2) is 91.0 Å². The summed E-state index contributed by atoms with van der Waals surface area (Å²) in [5.41, 5.74) is 11.9. The van der Waals surface area contributed by atoms with E-state index in [2.05, 4.69) is 54.6 Å². The monoisotopic (exact) mass is 637 g/mol. The van der Waals surface area contributed by atoms with Crippen LogP contribution in [0, 0.1) is 0 Å². The fourth-order valence-corrected chi connectivity index (χ4v) is 11.9. The Bertz CT molecular complexity index is 1370. The van der Waals surface area contributed by atoms with Gasteiger partial charge in [0.25, 0.3) is 0 Å². The maximum absolute atomic E-state index is 8.24. The molecule has 0 spiro atoms. The van der Waals surface area contributed by atoms with E-state index in [0.717, 1.165) is 52.3 Å². The van der Waals surface area contributed by atoms with Gasteiger partial charge in [-0.05, 0) is 0 Å². The standard InChI is InChI=1S/C32H35ClNO2P.Pd/c1-35-28-19-12-20-29(36-2)32(28)26-17-8-11-22-31(26)37(33,23-13-4-3-5-14-23)30-21-10-7-16-25(30)24-15-6-9-18-27(24)34;/h6-12,15-23,37H,3-5,13-14,34H2,1-2H3;. The normalized spacial score (nSPS) is 14.4. The number of nitrogens with two attached hydrogens (primary N) is 1. The second kappa shape index (κ2) is 12.7. The van der Waals surface area contributed by atoms with Gasteiger partial charge in [-0.1, -0.05) is 0 Å². The maximum Gasteiger partial charge on any atom is 0 e. The summed E-state index contributed by atoms with van der Waals surface area (Å²) in [6, 6.07) is 31.3. The molecule has 6 heteroatoms. The van der Waals surface area contributed by atoms with Crippen LogP contribution < -0.4 is 25.8 Å². The molecule has 1 aliphatic carbocycles. The molecule has 0 aromatic heterocycles. The van der Waals surface area contributed by atoms with Crippen molar-refractivity contribution >= 4 is 34.2 Å². The molecule has 202 valence electrons. The van der Waals surface area contributed by atoms with Gasteiger partial charge < -0.3 is 0 Å². The molecule has 0 amide bonds. The summed E-state index contributed by atoms with van der Waals surface area (Å²) < 4.78 is 11.7. The van der Waals surface area contributed by atoms with E-state index < -0.39 is 6.62 Å². The minimum atomic E-state index is -2.84. The molecule has 0 radical (unpaired) electrons. The number of ether oxygens (including phenoxy) is 2. The molecule has 4 aromatic carbocycles.